The molecule has 93 heavy (non-hydrogen) atoms. The van der Waals surface area contributed by atoms with Crippen LogP contribution >= 0.6 is 15.9 Å². The van der Waals surface area contributed by atoms with Crippen molar-refractivity contribution in [2.45, 2.75) is 284 Å². The van der Waals surface area contributed by atoms with E-state index in [1.54, 1.807) is 0 Å². The van der Waals surface area contributed by atoms with Crippen LogP contribution in [0.25, 0.3) is 0 Å². The van der Waals surface area contributed by atoms with Gasteiger partial charge in [-0.25, -0.2) is 9.59 Å². The number of amides is 2. The SMILES string of the molecule is CC(C)(C)OC(=O)N1CCC2(CC1)C[C@@H]2c1ccc(B2OC(C)(C)C(C)(C)O2)cc1.CC(C)(C)OC(=O)N1CCC2(CC1)C[C@@H]2c1ccc(Br)cc1.CC1(C)OB(B2OC(C)(C)C(C)(C)O2)OC1(C)C.CC1(C)OB(c2ccc([C@H]3CC34CCNCC4)cc2)OC1(C)C. The minimum atomic E-state index is -0.476. The topological polar surface area (TPSA) is 145 Å². The minimum absolute atomic E-state index is 0.164. The fraction of sp³-hybridized carbons (Fsp3) is 0.726. The molecule has 10 aliphatic rings. The number of hydrogen-bond acceptors (Lipinski definition) is 13. The number of carbonyl (C=O) groups excluding carboxylic acids is 2. The van der Waals surface area contributed by atoms with Crippen molar-refractivity contribution >= 4 is 67.3 Å². The lowest BCUT2D eigenvalue weighted by molar-refractivity contribution is 0.00578. The molecule has 0 aromatic heterocycles. The van der Waals surface area contributed by atoms with Crippen LogP contribution < -0.4 is 16.2 Å². The first-order valence-corrected chi connectivity index (χ1v) is 35.7. The van der Waals surface area contributed by atoms with E-state index in [2.05, 4.69) is 149 Å². The van der Waals surface area contributed by atoms with E-state index in [1.165, 1.54) is 61.9 Å². The van der Waals surface area contributed by atoms with Crippen LogP contribution in [0.2, 0.25) is 0 Å². The Hall–Kier alpha value is -3.42. The van der Waals surface area contributed by atoms with Crippen molar-refractivity contribution in [1.29, 1.82) is 0 Å². The van der Waals surface area contributed by atoms with Crippen LogP contribution in [0.3, 0.4) is 0 Å². The molecule has 10 fully saturated rings. The summed E-state index contributed by atoms with van der Waals surface area (Å²) in [7, 11) is -1.51. The molecular formula is C73H112B4BrN3O12. The molecule has 3 saturated carbocycles. The molecule has 20 heteroatoms. The lowest BCUT2D eigenvalue weighted by Gasteiger charge is -2.34. The lowest BCUT2D eigenvalue weighted by atomic mass is 9.49. The maximum atomic E-state index is 12.3. The molecule has 0 radical (unpaired) electrons. The Morgan fingerprint density at radius 3 is 0.925 bits per heavy atom. The van der Waals surface area contributed by atoms with Gasteiger partial charge >= 0.3 is 40.4 Å². The summed E-state index contributed by atoms with van der Waals surface area (Å²) in [5, 5.41) is 3.48. The number of halogens is 1. The predicted octanol–water partition coefficient (Wildman–Crippen LogP) is 14.5. The number of nitrogens with zero attached hydrogens (tertiary/aromatic N) is 2. The summed E-state index contributed by atoms with van der Waals surface area (Å²) >= 11 is 3.49. The summed E-state index contributed by atoms with van der Waals surface area (Å²) in [6.45, 7) is 50.0. The molecule has 7 aliphatic heterocycles. The Labute approximate surface area is 569 Å². The Kier molecular flexibility index (Phi) is 19.7. The zero-order chi connectivity index (χ0) is 68.2. The van der Waals surface area contributed by atoms with Crippen molar-refractivity contribution in [1.82, 2.24) is 15.1 Å². The molecular weight excluding hydrogens is 1230 g/mol. The molecule has 13 rings (SSSR count). The molecule has 3 aromatic rings. The number of benzene rings is 3. The van der Waals surface area contributed by atoms with Crippen LogP contribution in [0.4, 0.5) is 9.59 Å². The smallest absolute Gasteiger partial charge is 0.444 e. The largest absolute Gasteiger partial charge is 0.494 e. The Bertz CT molecular complexity index is 3020. The summed E-state index contributed by atoms with van der Waals surface area (Å²) in [6, 6.07) is 26.5. The second-order valence-electron chi connectivity index (χ2n) is 34.9. The van der Waals surface area contributed by atoms with Gasteiger partial charge in [0.25, 0.3) is 0 Å². The van der Waals surface area contributed by atoms with E-state index >= 15 is 0 Å². The first kappa shape index (κ1) is 72.3. The fourth-order valence-corrected chi connectivity index (χ4v) is 14.6. The second-order valence-corrected chi connectivity index (χ2v) is 35.8. The van der Waals surface area contributed by atoms with E-state index in [0.717, 1.165) is 73.2 Å². The van der Waals surface area contributed by atoms with Crippen LogP contribution in [0.15, 0.2) is 77.3 Å². The summed E-state index contributed by atoms with van der Waals surface area (Å²) in [5.74, 6) is 2.02. The van der Waals surface area contributed by atoms with Crippen molar-refractivity contribution in [3.63, 3.8) is 0 Å². The molecule has 3 aliphatic carbocycles. The number of carbonyl (C=O) groups is 2. The number of ether oxygens (including phenoxy) is 2. The summed E-state index contributed by atoms with van der Waals surface area (Å²) in [4.78, 5) is 28.2. The van der Waals surface area contributed by atoms with Gasteiger partial charge in [0.2, 0.25) is 0 Å². The maximum Gasteiger partial charge on any atom is 0.494 e. The third kappa shape index (κ3) is 15.7. The van der Waals surface area contributed by atoms with Gasteiger partial charge in [-0.3, -0.25) is 0 Å². The molecule has 7 heterocycles. The van der Waals surface area contributed by atoms with Gasteiger partial charge in [0.05, 0.1) is 44.8 Å². The van der Waals surface area contributed by atoms with Crippen LogP contribution in [-0.4, -0.2) is 146 Å². The number of rotatable bonds is 6. The molecule has 3 aromatic carbocycles. The van der Waals surface area contributed by atoms with Gasteiger partial charge < -0.3 is 61.8 Å². The summed E-state index contributed by atoms with van der Waals surface area (Å²) < 4.78 is 60.6. The quantitative estimate of drug-likeness (QED) is 0.234. The Morgan fingerprint density at radius 1 is 0.409 bits per heavy atom. The second kappa shape index (κ2) is 25.4. The molecule has 15 nitrogen and oxygen atoms in total. The van der Waals surface area contributed by atoms with Crippen molar-refractivity contribution in [3.05, 3.63) is 94.0 Å². The van der Waals surface area contributed by atoms with Crippen LogP contribution in [0.1, 0.15) is 245 Å². The van der Waals surface area contributed by atoms with Gasteiger partial charge in [-0.1, -0.05) is 76.6 Å². The van der Waals surface area contributed by atoms with Crippen LogP contribution in [0, 0.1) is 16.2 Å². The lowest BCUT2D eigenvalue weighted by Crippen LogP contribution is -2.42. The number of piperidine rings is 3. The highest BCUT2D eigenvalue weighted by molar-refractivity contribution is 9.10. The van der Waals surface area contributed by atoms with Gasteiger partial charge in [-0.2, -0.15) is 0 Å². The van der Waals surface area contributed by atoms with Gasteiger partial charge in [-0.15, -0.1) is 0 Å². The zero-order valence-corrected chi connectivity index (χ0v) is 62.3. The molecule has 3 atom stereocenters. The molecule has 0 unspecified atom stereocenters. The van der Waals surface area contributed by atoms with E-state index in [0.29, 0.717) is 28.1 Å². The average Bonchev–Trinajstić information content (AvgIpc) is 1.59. The normalized spacial score (nSPS) is 27.9. The van der Waals surface area contributed by atoms with E-state index in [1.807, 2.05) is 107 Å². The van der Waals surface area contributed by atoms with Gasteiger partial charge in [-0.05, 0) is 297 Å². The molecule has 3 spiro atoms. The zero-order valence-electron chi connectivity index (χ0n) is 60.7. The monoisotopic (exact) mass is 1350 g/mol. The first-order chi connectivity index (χ1) is 42.8. The van der Waals surface area contributed by atoms with E-state index < -0.39 is 25.2 Å². The molecule has 0 bridgehead atoms. The van der Waals surface area contributed by atoms with E-state index in [-0.39, 0.29) is 71.2 Å². The highest BCUT2D eigenvalue weighted by Crippen LogP contribution is 2.67. The van der Waals surface area contributed by atoms with Gasteiger partial charge in [0, 0.05) is 30.7 Å². The minimum Gasteiger partial charge on any atom is -0.444 e. The Morgan fingerprint density at radius 2 is 0.656 bits per heavy atom. The van der Waals surface area contributed by atoms with E-state index in [9.17, 15) is 9.59 Å². The third-order valence-electron chi connectivity index (χ3n) is 23.8. The standard InChI is InChI=1S/C24H36BNO4.C19H28BNO2.C18H24BrNO2.C12H24B2O4/c1-21(2,3)28-20(27)26-14-12-24(13-15-26)16-19(24)17-8-10-18(11-9-17)25-29-22(4,5)23(6,7)30-25;1-17(2)18(3,4)23-20(22-17)15-7-5-14(6-8-15)16-13-19(16)9-11-21-12-10-19;1-17(2,3)22-16(21)20-10-8-18(9-11-20)12-15(18)13-4-6-14(19)7-5-13;1-9(2)10(3,4)16-13(15-9)14-17-11(5,6)12(7,8)18-14/h8-11,19H,12-16H2,1-7H3;5-8,16,21H,9-13H2,1-4H3;4-7,15H,8-12H2,1-3H3;1-8H3/t19-;16-;15-;/m111./s1. The van der Waals surface area contributed by atoms with Crippen molar-refractivity contribution in [2.24, 2.45) is 16.2 Å². The van der Waals surface area contributed by atoms with Gasteiger partial charge in [0.15, 0.2) is 0 Å². The number of likely N-dealkylation sites (tertiary alicyclic amines) is 2. The number of hydrogen-bond donors (Lipinski definition) is 1. The van der Waals surface area contributed by atoms with E-state index in [4.69, 9.17) is 46.7 Å². The highest BCUT2D eigenvalue weighted by Gasteiger charge is 2.64. The highest BCUT2D eigenvalue weighted by atomic mass is 79.9. The predicted molar refractivity (Wildman–Crippen MR) is 376 cm³/mol. The van der Waals surface area contributed by atoms with Crippen molar-refractivity contribution < 1.29 is 56.3 Å². The first-order valence-electron chi connectivity index (χ1n) is 34.9. The summed E-state index contributed by atoms with van der Waals surface area (Å²) in [5.41, 5.74) is 4.43. The average molecular weight is 1350 g/mol. The molecule has 7 saturated heterocycles. The third-order valence-corrected chi connectivity index (χ3v) is 24.3. The van der Waals surface area contributed by atoms with Crippen molar-refractivity contribution in [3.8, 4) is 0 Å². The van der Waals surface area contributed by atoms with Crippen LogP contribution in [-0.2, 0) is 46.7 Å². The molecule has 510 valence electrons. The maximum absolute atomic E-state index is 12.3. The van der Waals surface area contributed by atoms with Crippen molar-refractivity contribution in [2.75, 3.05) is 39.3 Å². The number of nitrogens with one attached hydrogen (secondary N) is 1. The summed E-state index contributed by atoms with van der Waals surface area (Å²) in [6.07, 6.45) is 10.4. The molecule has 2 amide bonds. The molecule has 1 N–H and O–H groups in total. The van der Waals surface area contributed by atoms with Crippen LogP contribution in [0.5, 0.6) is 0 Å². The Balaban J connectivity index is 0.000000138. The van der Waals surface area contributed by atoms with Gasteiger partial charge in [0.1, 0.15) is 11.2 Å². The fourth-order valence-electron chi connectivity index (χ4n) is 14.4.